The molecule has 0 unspecified atom stereocenters. The molecule has 0 radical (unpaired) electrons. The predicted octanol–water partition coefficient (Wildman–Crippen LogP) is 4.85. The van der Waals surface area contributed by atoms with Gasteiger partial charge in [-0.3, -0.25) is 4.79 Å². The number of aromatic hydroxyl groups is 1. The van der Waals surface area contributed by atoms with E-state index >= 15 is 0 Å². The molecule has 2 aromatic carbocycles. The lowest BCUT2D eigenvalue weighted by Gasteiger charge is -2.10. The number of hydrogen-bond acceptors (Lipinski definition) is 2. The molecule has 0 aromatic heterocycles. The summed E-state index contributed by atoms with van der Waals surface area (Å²) in [5.74, 6) is -1.20. The van der Waals surface area contributed by atoms with Crippen molar-refractivity contribution >= 4 is 50.7 Å². The van der Waals surface area contributed by atoms with Crippen molar-refractivity contribution < 1.29 is 14.3 Å². The number of halogens is 4. The van der Waals surface area contributed by atoms with Crippen molar-refractivity contribution in [1.29, 1.82) is 0 Å². The Morgan fingerprint density at radius 1 is 1.20 bits per heavy atom. The molecular weight excluding hydrogens is 372 g/mol. The zero-order valence-electron chi connectivity index (χ0n) is 9.75. The maximum Gasteiger partial charge on any atom is 0.255 e. The van der Waals surface area contributed by atoms with Crippen LogP contribution in [0.2, 0.25) is 10.0 Å². The quantitative estimate of drug-likeness (QED) is 0.784. The summed E-state index contributed by atoms with van der Waals surface area (Å²) in [5, 5.41) is 12.0. The molecule has 0 saturated carbocycles. The Balaban J connectivity index is 2.30. The van der Waals surface area contributed by atoms with Crippen LogP contribution < -0.4 is 5.32 Å². The smallest absolute Gasteiger partial charge is 0.255 e. The second-order valence-corrected chi connectivity index (χ2v) is 5.53. The van der Waals surface area contributed by atoms with Crippen molar-refractivity contribution in [3.63, 3.8) is 0 Å². The van der Waals surface area contributed by atoms with Gasteiger partial charge >= 0.3 is 0 Å². The molecule has 1 amide bonds. The minimum atomic E-state index is -0.598. The highest BCUT2D eigenvalue weighted by atomic mass is 79.9. The number of amides is 1. The summed E-state index contributed by atoms with van der Waals surface area (Å²) in [6, 6.07) is 6.40. The fourth-order valence-electron chi connectivity index (χ4n) is 1.50. The normalized spacial score (nSPS) is 10.4. The van der Waals surface area contributed by atoms with Gasteiger partial charge in [0.25, 0.3) is 5.91 Å². The molecule has 0 aliphatic heterocycles. The van der Waals surface area contributed by atoms with Crippen LogP contribution in [0.5, 0.6) is 5.75 Å². The third kappa shape index (κ3) is 3.23. The summed E-state index contributed by atoms with van der Waals surface area (Å²) in [6.45, 7) is 0. The van der Waals surface area contributed by atoms with Gasteiger partial charge in [-0.2, -0.15) is 0 Å². The van der Waals surface area contributed by atoms with E-state index in [9.17, 15) is 14.3 Å². The monoisotopic (exact) mass is 377 g/mol. The molecule has 0 aliphatic rings. The number of phenolic OH excluding ortho intramolecular Hbond substituents is 1. The number of phenols is 1. The fraction of sp³-hybridized carbons (Fsp3) is 0. The Morgan fingerprint density at radius 3 is 2.35 bits per heavy atom. The summed E-state index contributed by atoms with van der Waals surface area (Å²) >= 11 is 14.8. The molecule has 0 atom stereocenters. The first-order valence-electron chi connectivity index (χ1n) is 5.33. The van der Waals surface area contributed by atoms with Gasteiger partial charge in [0.1, 0.15) is 11.6 Å². The van der Waals surface area contributed by atoms with E-state index in [0.717, 1.165) is 12.1 Å². The van der Waals surface area contributed by atoms with Gasteiger partial charge < -0.3 is 10.4 Å². The number of carbonyl (C=O) groups is 1. The molecule has 0 aliphatic carbocycles. The number of rotatable bonds is 2. The first-order chi connectivity index (χ1) is 9.38. The van der Waals surface area contributed by atoms with Crippen LogP contribution >= 0.6 is 39.1 Å². The maximum absolute atomic E-state index is 13.0. The van der Waals surface area contributed by atoms with E-state index in [0.29, 0.717) is 4.47 Å². The number of carbonyl (C=O) groups excluding carboxylic acids is 1. The highest BCUT2D eigenvalue weighted by molar-refractivity contribution is 9.10. The fourth-order valence-corrected chi connectivity index (χ4v) is 2.30. The van der Waals surface area contributed by atoms with Gasteiger partial charge in [-0.15, -0.1) is 0 Å². The van der Waals surface area contributed by atoms with Gasteiger partial charge in [0.15, 0.2) is 0 Å². The Labute approximate surface area is 132 Å². The van der Waals surface area contributed by atoms with E-state index < -0.39 is 11.7 Å². The van der Waals surface area contributed by atoms with Gasteiger partial charge in [-0.25, -0.2) is 4.39 Å². The van der Waals surface area contributed by atoms with Crippen molar-refractivity contribution in [2.45, 2.75) is 0 Å². The lowest BCUT2D eigenvalue weighted by Crippen LogP contribution is -2.12. The van der Waals surface area contributed by atoms with Crippen LogP contribution in [-0.2, 0) is 0 Å². The minimum absolute atomic E-state index is 0.00955. The number of nitrogens with one attached hydrogen (secondary N) is 1. The molecular formula is C13H7BrCl2FNO2. The second-order valence-electron chi connectivity index (χ2n) is 3.86. The topological polar surface area (TPSA) is 49.3 Å². The molecule has 0 spiro atoms. The maximum atomic E-state index is 13.0. The number of hydrogen-bond donors (Lipinski definition) is 2. The third-order valence-electron chi connectivity index (χ3n) is 2.45. The highest BCUT2D eigenvalue weighted by Gasteiger charge is 2.14. The van der Waals surface area contributed by atoms with Crippen molar-refractivity contribution in [3.8, 4) is 5.75 Å². The van der Waals surface area contributed by atoms with Crippen LogP contribution in [0.1, 0.15) is 10.4 Å². The first-order valence-corrected chi connectivity index (χ1v) is 6.88. The van der Waals surface area contributed by atoms with Crippen LogP contribution in [0.4, 0.5) is 10.1 Å². The van der Waals surface area contributed by atoms with Crippen molar-refractivity contribution in [1.82, 2.24) is 0 Å². The molecule has 0 saturated heterocycles. The van der Waals surface area contributed by atoms with Crippen LogP contribution in [0.3, 0.4) is 0 Å². The molecule has 7 heteroatoms. The Hall–Kier alpha value is -1.30. The predicted molar refractivity (Wildman–Crippen MR) is 80.2 cm³/mol. The number of benzene rings is 2. The molecule has 0 bridgehead atoms. The zero-order valence-corrected chi connectivity index (χ0v) is 12.9. The summed E-state index contributed by atoms with van der Waals surface area (Å²) < 4.78 is 13.5. The molecule has 0 heterocycles. The van der Waals surface area contributed by atoms with Crippen molar-refractivity contribution in [2.24, 2.45) is 0 Å². The summed E-state index contributed by atoms with van der Waals surface area (Å²) in [4.78, 5) is 12.0. The zero-order chi connectivity index (χ0) is 14.9. The van der Waals surface area contributed by atoms with E-state index in [1.165, 1.54) is 18.2 Å². The molecule has 104 valence electrons. The number of anilines is 1. The average molecular weight is 379 g/mol. The average Bonchev–Trinajstić information content (AvgIpc) is 2.36. The molecule has 0 fully saturated rings. The third-order valence-corrected chi connectivity index (χ3v) is 3.72. The molecule has 3 nitrogen and oxygen atoms in total. The van der Waals surface area contributed by atoms with Gasteiger partial charge in [0, 0.05) is 5.56 Å². The van der Waals surface area contributed by atoms with Gasteiger partial charge in [-0.05, 0) is 46.3 Å². The summed E-state index contributed by atoms with van der Waals surface area (Å²) in [5.41, 5.74) is 0.323. The molecule has 20 heavy (non-hydrogen) atoms. The Morgan fingerprint density at radius 2 is 1.80 bits per heavy atom. The van der Waals surface area contributed by atoms with Crippen LogP contribution in [0, 0.1) is 5.82 Å². The van der Waals surface area contributed by atoms with Gasteiger partial charge in [-0.1, -0.05) is 23.2 Å². The highest BCUT2D eigenvalue weighted by Crippen LogP contribution is 2.32. The van der Waals surface area contributed by atoms with E-state index in [2.05, 4.69) is 21.2 Å². The van der Waals surface area contributed by atoms with E-state index in [-0.39, 0.29) is 27.0 Å². The second kappa shape index (κ2) is 5.99. The minimum Gasteiger partial charge on any atom is -0.507 e. The Kier molecular flexibility index (Phi) is 4.52. The van der Waals surface area contributed by atoms with Crippen LogP contribution in [0.25, 0.3) is 0 Å². The van der Waals surface area contributed by atoms with E-state index in [1.54, 1.807) is 0 Å². The van der Waals surface area contributed by atoms with Crippen molar-refractivity contribution in [3.05, 3.63) is 56.2 Å². The molecule has 2 rings (SSSR count). The first kappa shape index (κ1) is 15.1. The Bertz CT molecular complexity index is 671. The van der Waals surface area contributed by atoms with E-state index in [1.807, 2.05) is 0 Å². The lowest BCUT2D eigenvalue weighted by atomic mass is 10.2. The van der Waals surface area contributed by atoms with Crippen molar-refractivity contribution in [2.75, 3.05) is 5.32 Å². The largest absolute Gasteiger partial charge is 0.507 e. The standard InChI is InChI=1S/C13H7BrCl2FNO2/c14-8-2-1-6(3-11(8)19)13(20)18-12-9(15)4-7(17)5-10(12)16/h1-5,19H,(H,18,20). The van der Waals surface area contributed by atoms with Crippen LogP contribution in [-0.4, -0.2) is 11.0 Å². The van der Waals surface area contributed by atoms with Crippen LogP contribution in [0.15, 0.2) is 34.8 Å². The lowest BCUT2D eigenvalue weighted by molar-refractivity contribution is 0.102. The SMILES string of the molecule is O=C(Nc1c(Cl)cc(F)cc1Cl)c1ccc(Br)c(O)c1. The van der Waals surface area contributed by atoms with E-state index in [4.69, 9.17) is 23.2 Å². The summed E-state index contributed by atoms with van der Waals surface area (Å²) in [7, 11) is 0. The van der Waals surface area contributed by atoms with Gasteiger partial charge in [0.2, 0.25) is 0 Å². The summed E-state index contributed by atoms with van der Waals surface area (Å²) in [6.07, 6.45) is 0. The van der Waals surface area contributed by atoms with Gasteiger partial charge in [0.05, 0.1) is 20.2 Å². The molecule has 2 N–H and O–H groups in total. The molecule has 2 aromatic rings.